The average Bonchev–Trinajstić information content (AvgIpc) is 2.51. The molecule has 3 rings (SSSR count). The third-order valence-electron chi connectivity index (χ3n) is 3.05. The molecule has 0 saturated carbocycles. The molecule has 2 aromatic rings. The second-order valence-corrected chi connectivity index (χ2v) is 4.44. The molecule has 0 saturated heterocycles. The van der Waals surface area contributed by atoms with Gasteiger partial charge in [0.15, 0.2) is 34.7 Å². The highest BCUT2D eigenvalue weighted by atomic mass is 19.2. The maximum absolute atomic E-state index is 13.2. The Kier molecular flexibility index (Phi) is 3.29. The normalized spacial score (nSPS) is 13.1. The van der Waals surface area contributed by atoms with E-state index in [0.29, 0.717) is 36.8 Å². The summed E-state index contributed by atoms with van der Waals surface area (Å²) in [5, 5.41) is 0. The van der Waals surface area contributed by atoms with Crippen molar-refractivity contribution < 1.29 is 27.4 Å². The van der Waals surface area contributed by atoms with Gasteiger partial charge in [-0.05, 0) is 30.3 Å². The van der Waals surface area contributed by atoms with E-state index in [4.69, 9.17) is 9.47 Å². The maximum atomic E-state index is 13.2. The first-order valence-corrected chi connectivity index (χ1v) is 6.15. The molecule has 0 unspecified atom stereocenters. The summed E-state index contributed by atoms with van der Waals surface area (Å²) in [6, 6.07) is 5.75. The van der Waals surface area contributed by atoms with Gasteiger partial charge in [-0.1, -0.05) is 0 Å². The Labute approximate surface area is 117 Å². The second-order valence-electron chi connectivity index (χ2n) is 4.44. The molecule has 0 N–H and O–H groups in total. The van der Waals surface area contributed by atoms with Crippen molar-refractivity contribution in [3.05, 3.63) is 58.9 Å². The molecule has 0 bridgehead atoms. The summed E-state index contributed by atoms with van der Waals surface area (Å²) in [5.41, 5.74) is -0.104. The van der Waals surface area contributed by atoms with Crippen molar-refractivity contribution in [3.63, 3.8) is 0 Å². The van der Waals surface area contributed by atoms with Crippen molar-refractivity contribution in [1.29, 1.82) is 0 Å². The summed E-state index contributed by atoms with van der Waals surface area (Å²) in [5.74, 6) is -4.17. The predicted molar refractivity (Wildman–Crippen MR) is 67.2 cm³/mol. The monoisotopic (exact) mass is 294 g/mol. The van der Waals surface area contributed by atoms with Crippen LogP contribution in [0.15, 0.2) is 30.3 Å². The van der Waals surface area contributed by atoms with Gasteiger partial charge in [0.1, 0.15) is 13.2 Å². The van der Waals surface area contributed by atoms with Gasteiger partial charge in [0.05, 0.1) is 0 Å². The van der Waals surface area contributed by atoms with Gasteiger partial charge in [0, 0.05) is 11.1 Å². The van der Waals surface area contributed by atoms with Crippen molar-refractivity contribution in [2.24, 2.45) is 0 Å². The number of carbonyl (C=O) groups is 1. The lowest BCUT2D eigenvalue weighted by atomic mass is 10.0. The highest BCUT2D eigenvalue weighted by Gasteiger charge is 2.19. The summed E-state index contributed by atoms with van der Waals surface area (Å²) >= 11 is 0. The Bertz CT molecular complexity index is 705. The molecule has 0 aliphatic carbocycles. The third kappa shape index (κ3) is 2.44. The number of halogens is 3. The minimum atomic E-state index is -1.60. The van der Waals surface area contributed by atoms with E-state index < -0.39 is 23.2 Å². The van der Waals surface area contributed by atoms with Gasteiger partial charge in [-0.2, -0.15) is 0 Å². The summed E-state index contributed by atoms with van der Waals surface area (Å²) in [6.45, 7) is 0.763. The van der Waals surface area contributed by atoms with Crippen molar-refractivity contribution >= 4 is 5.78 Å². The molecule has 108 valence electrons. The van der Waals surface area contributed by atoms with E-state index >= 15 is 0 Å². The molecular formula is C15H9F3O3. The zero-order chi connectivity index (χ0) is 15.0. The van der Waals surface area contributed by atoms with Crippen LogP contribution in [0.5, 0.6) is 11.5 Å². The second kappa shape index (κ2) is 5.12. The summed E-state index contributed by atoms with van der Waals surface area (Å²) in [7, 11) is 0. The van der Waals surface area contributed by atoms with E-state index in [0.717, 1.165) is 0 Å². The summed E-state index contributed by atoms with van der Waals surface area (Å²) in [4.78, 5) is 12.2. The van der Waals surface area contributed by atoms with Crippen molar-refractivity contribution in [2.45, 2.75) is 0 Å². The number of benzene rings is 2. The number of ketones is 1. The van der Waals surface area contributed by atoms with Crippen molar-refractivity contribution in [2.75, 3.05) is 13.2 Å². The lowest BCUT2D eigenvalue weighted by molar-refractivity contribution is 0.103. The lowest BCUT2D eigenvalue weighted by Crippen LogP contribution is -2.16. The fourth-order valence-corrected chi connectivity index (χ4v) is 2.04. The molecule has 0 radical (unpaired) electrons. The van der Waals surface area contributed by atoms with E-state index in [2.05, 4.69) is 0 Å². The van der Waals surface area contributed by atoms with Gasteiger partial charge >= 0.3 is 0 Å². The van der Waals surface area contributed by atoms with Crippen LogP contribution in [0.25, 0.3) is 0 Å². The lowest BCUT2D eigenvalue weighted by Gasteiger charge is -2.18. The molecule has 1 heterocycles. The number of rotatable bonds is 2. The quantitative estimate of drug-likeness (QED) is 0.630. The molecule has 1 aliphatic heterocycles. The molecule has 6 heteroatoms. The predicted octanol–water partition coefficient (Wildman–Crippen LogP) is 3.11. The largest absolute Gasteiger partial charge is 0.486 e. The molecule has 3 nitrogen and oxygen atoms in total. The molecule has 0 fully saturated rings. The van der Waals surface area contributed by atoms with Gasteiger partial charge in [-0.3, -0.25) is 4.79 Å². The highest BCUT2D eigenvalue weighted by Crippen LogP contribution is 2.31. The van der Waals surface area contributed by atoms with Gasteiger partial charge in [-0.25, -0.2) is 13.2 Å². The van der Waals surface area contributed by atoms with Gasteiger partial charge in [0.25, 0.3) is 0 Å². The summed E-state index contributed by atoms with van der Waals surface area (Å²) in [6.07, 6.45) is 0. The van der Waals surface area contributed by atoms with Crippen LogP contribution in [-0.4, -0.2) is 19.0 Å². The van der Waals surface area contributed by atoms with Crippen LogP contribution in [0.3, 0.4) is 0 Å². The van der Waals surface area contributed by atoms with E-state index in [-0.39, 0.29) is 11.1 Å². The molecule has 1 aliphatic rings. The zero-order valence-electron chi connectivity index (χ0n) is 10.7. The molecule has 21 heavy (non-hydrogen) atoms. The van der Waals surface area contributed by atoms with Crippen LogP contribution < -0.4 is 9.47 Å². The Morgan fingerprint density at radius 2 is 1.48 bits per heavy atom. The van der Waals surface area contributed by atoms with Crippen molar-refractivity contribution in [3.8, 4) is 11.5 Å². The standard InChI is InChI=1S/C15H9F3O3/c16-10-5-9(6-11(17)14(10)18)15(19)8-1-2-12-13(7-8)21-4-3-20-12/h1-2,5-7H,3-4H2. The average molecular weight is 294 g/mol. The van der Waals surface area contributed by atoms with Crippen LogP contribution in [0.4, 0.5) is 13.2 Å². The van der Waals surface area contributed by atoms with Crippen LogP contribution in [-0.2, 0) is 0 Å². The first kappa shape index (κ1) is 13.5. The fourth-order valence-electron chi connectivity index (χ4n) is 2.04. The SMILES string of the molecule is O=C(c1cc(F)c(F)c(F)c1)c1ccc2c(c1)OCCO2. The number of carbonyl (C=O) groups excluding carboxylic acids is 1. The Hall–Kier alpha value is -2.50. The maximum Gasteiger partial charge on any atom is 0.194 e. The van der Waals surface area contributed by atoms with Crippen LogP contribution in [0, 0.1) is 17.5 Å². The number of hydrogen-bond acceptors (Lipinski definition) is 3. The molecule has 0 aromatic heterocycles. The highest BCUT2D eigenvalue weighted by molar-refractivity contribution is 6.09. The number of hydrogen-bond donors (Lipinski definition) is 0. The minimum absolute atomic E-state index is 0.171. The van der Waals surface area contributed by atoms with Crippen molar-refractivity contribution in [1.82, 2.24) is 0 Å². The van der Waals surface area contributed by atoms with Crippen LogP contribution >= 0.6 is 0 Å². The first-order valence-electron chi connectivity index (χ1n) is 6.15. The summed E-state index contributed by atoms with van der Waals surface area (Å²) < 4.78 is 49.9. The molecule has 0 amide bonds. The Morgan fingerprint density at radius 1 is 0.857 bits per heavy atom. The first-order chi connectivity index (χ1) is 10.1. The van der Waals surface area contributed by atoms with Gasteiger partial charge in [-0.15, -0.1) is 0 Å². The zero-order valence-corrected chi connectivity index (χ0v) is 10.7. The van der Waals surface area contributed by atoms with E-state index in [9.17, 15) is 18.0 Å². The van der Waals surface area contributed by atoms with Crippen LogP contribution in [0.1, 0.15) is 15.9 Å². The van der Waals surface area contributed by atoms with E-state index in [1.807, 2.05) is 0 Å². The number of fused-ring (bicyclic) bond motifs is 1. The smallest absolute Gasteiger partial charge is 0.194 e. The van der Waals surface area contributed by atoms with Crippen LogP contribution in [0.2, 0.25) is 0 Å². The minimum Gasteiger partial charge on any atom is -0.486 e. The van der Waals surface area contributed by atoms with E-state index in [1.54, 1.807) is 0 Å². The molecule has 0 atom stereocenters. The molecule has 2 aromatic carbocycles. The van der Waals surface area contributed by atoms with Gasteiger partial charge in [0.2, 0.25) is 0 Å². The molecule has 0 spiro atoms. The van der Waals surface area contributed by atoms with E-state index in [1.165, 1.54) is 18.2 Å². The topological polar surface area (TPSA) is 35.5 Å². The Balaban J connectivity index is 1.99. The molecular weight excluding hydrogens is 285 g/mol. The Morgan fingerprint density at radius 3 is 2.14 bits per heavy atom. The third-order valence-corrected chi connectivity index (χ3v) is 3.05. The number of ether oxygens (including phenoxy) is 2. The fraction of sp³-hybridized carbons (Fsp3) is 0.133. The van der Waals surface area contributed by atoms with Gasteiger partial charge < -0.3 is 9.47 Å².